The standard InChI is InChI=1S/C16H15BrClNO3/c17-12-6-7-15(14(18)10-12)19-16(20)11-21-8-9-22-13-4-2-1-3-5-13/h1-7,10H,8-9,11H2,(H,19,20). The van der Waals surface area contributed by atoms with Gasteiger partial charge >= 0.3 is 0 Å². The topological polar surface area (TPSA) is 47.6 Å². The Labute approximate surface area is 142 Å². The summed E-state index contributed by atoms with van der Waals surface area (Å²) in [4.78, 5) is 11.7. The molecule has 0 atom stereocenters. The number of ether oxygens (including phenoxy) is 2. The molecule has 0 heterocycles. The summed E-state index contributed by atoms with van der Waals surface area (Å²) < 4.78 is 11.6. The zero-order chi connectivity index (χ0) is 15.8. The maximum atomic E-state index is 11.7. The Balaban J connectivity index is 1.65. The maximum absolute atomic E-state index is 11.7. The van der Waals surface area contributed by atoms with Crippen LogP contribution in [0.15, 0.2) is 53.0 Å². The molecule has 2 aromatic carbocycles. The first-order valence-electron chi connectivity index (χ1n) is 6.65. The molecule has 4 nitrogen and oxygen atoms in total. The summed E-state index contributed by atoms with van der Waals surface area (Å²) in [5.74, 6) is 0.515. The number of hydrogen-bond donors (Lipinski definition) is 1. The molecule has 2 aromatic rings. The van der Waals surface area contributed by atoms with Crippen molar-refractivity contribution < 1.29 is 14.3 Å². The van der Waals surface area contributed by atoms with Gasteiger partial charge in [-0.3, -0.25) is 4.79 Å². The van der Waals surface area contributed by atoms with E-state index in [1.54, 1.807) is 18.2 Å². The van der Waals surface area contributed by atoms with E-state index in [2.05, 4.69) is 21.2 Å². The van der Waals surface area contributed by atoms with Gasteiger partial charge < -0.3 is 14.8 Å². The molecule has 0 bridgehead atoms. The third-order valence-corrected chi connectivity index (χ3v) is 3.48. The highest BCUT2D eigenvalue weighted by Crippen LogP contribution is 2.25. The van der Waals surface area contributed by atoms with Crippen LogP contribution in [-0.4, -0.2) is 25.7 Å². The van der Waals surface area contributed by atoms with Crippen LogP contribution in [0.25, 0.3) is 0 Å². The minimum atomic E-state index is -0.260. The number of amides is 1. The fourth-order valence-corrected chi connectivity index (χ4v) is 2.40. The number of anilines is 1. The monoisotopic (exact) mass is 383 g/mol. The van der Waals surface area contributed by atoms with Crippen molar-refractivity contribution in [2.45, 2.75) is 0 Å². The first-order valence-corrected chi connectivity index (χ1v) is 7.83. The first-order chi connectivity index (χ1) is 10.6. The summed E-state index contributed by atoms with van der Waals surface area (Å²) in [7, 11) is 0. The first kappa shape index (κ1) is 16.8. The van der Waals surface area contributed by atoms with Crippen LogP contribution in [0.1, 0.15) is 0 Å². The van der Waals surface area contributed by atoms with E-state index in [-0.39, 0.29) is 12.5 Å². The van der Waals surface area contributed by atoms with Crippen molar-refractivity contribution in [1.82, 2.24) is 0 Å². The molecule has 0 aliphatic carbocycles. The van der Waals surface area contributed by atoms with Crippen LogP contribution in [-0.2, 0) is 9.53 Å². The average molecular weight is 385 g/mol. The Hall–Kier alpha value is -1.56. The van der Waals surface area contributed by atoms with Gasteiger partial charge in [-0.2, -0.15) is 0 Å². The lowest BCUT2D eigenvalue weighted by atomic mass is 10.3. The van der Waals surface area contributed by atoms with Gasteiger partial charge in [0.2, 0.25) is 5.91 Å². The highest BCUT2D eigenvalue weighted by molar-refractivity contribution is 9.10. The third kappa shape index (κ3) is 5.67. The number of carbonyl (C=O) groups is 1. The zero-order valence-corrected chi connectivity index (χ0v) is 14.1. The van der Waals surface area contributed by atoms with Gasteiger partial charge in [0.15, 0.2) is 0 Å². The largest absolute Gasteiger partial charge is 0.491 e. The molecule has 1 N–H and O–H groups in total. The smallest absolute Gasteiger partial charge is 0.250 e. The van der Waals surface area contributed by atoms with Gasteiger partial charge in [0, 0.05) is 4.47 Å². The van der Waals surface area contributed by atoms with Crippen LogP contribution in [0.5, 0.6) is 5.75 Å². The van der Waals surface area contributed by atoms with Gasteiger partial charge in [0.25, 0.3) is 0 Å². The summed E-state index contributed by atoms with van der Waals surface area (Å²) >= 11 is 9.32. The Morgan fingerprint density at radius 1 is 1.14 bits per heavy atom. The molecule has 0 saturated heterocycles. The summed E-state index contributed by atoms with van der Waals surface area (Å²) in [5, 5.41) is 3.16. The molecule has 0 spiro atoms. The molecular weight excluding hydrogens is 370 g/mol. The summed E-state index contributed by atoms with van der Waals surface area (Å²) in [6.07, 6.45) is 0. The number of rotatable bonds is 7. The van der Waals surface area contributed by atoms with Crippen LogP contribution in [0, 0.1) is 0 Å². The molecule has 0 aliphatic heterocycles. The molecule has 0 radical (unpaired) electrons. The molecular formula is C16H15BrClNO3. The zero-order valence-electron chi connectivity index (χ0n) is 11.7. The van der Waals surface area contributed by atoms with Crippen molar-refractivity contribution in [3.05, 3.63) is 58.0 Å². The quantitative estimate of drug-likeness (QED) is 0.730. The normalized spacial score (nSPS) is 10.3. The van der Waals surface area contributed by atoms with Gasteiger partial charge in [-0.05, 0) is 30.3 Å². The molecule has 0 unspecified atom stereocenters. The van der Waals surface area contributed by atoms with Crippen LogP contribution in [0.2, 0.25) is 5.02 Å². The molecule has 6 heteroatoms. The van der Waals surface area contributed by atoms with Crippen molar-refractivity contribution >= 4 is 39.1 Å². The second-order valence-electron chi connectivity index (χ2n) is 4.39. The lowest BCUT2D eigenvalue weighted by Gasteiger charge is -2.09. The highest BCUT2D eigenvalue weighted by atomic mass is 79.9. The van der Waals surface area contributed by atoms with E-state index in [0.29, 0.717) is 23.9 Å². The predicted molar refractivity (Wildman–Crippen MR) is 90.5 cm³/mol. The average Bonchev–Trinajstić information content (AvgIpc) is 2.51. The van der Waals surface area contributed by atoms with Crippen molar-refractivity contribution in [2.75, 3.05) is 25.1 Å². The maximum Gasteiger partial charge on any atom is 0.250 e. The summed E-state index contributed by atoms with van der Waals surface area (Å²) in [6, 6.07) is 14.7. The molecule has 116 valence electrons. The molecule has 0 aliphatic rings. The third-order valence-electron chi connectivity index (χ3n) is 2.68. The van der Waals surface area contributed by atoms with E-state index >= 15 is 0 Å². The number of benzene rings is 2. The van der Waals surface area contributed by atoms with E-state index in [1.165, 1.54) is 0 Å². The lowest BCUT2D eigenvalue weighted by molar-refractivity contribution is -0.120. The second kappa shape index (κ2) is 8.78. The summed E-state index contributed by atoms with van der Waals surface area (Å²) in [5.41, 5.74) is 0.555. The van der Waals surface area contributed by atoms with E-state index in [0.717, 1.165) is 10.2 Å². The Bertz CT molecular complexity index is 622. The molecule has 0 saturated carbocycles. The minimum Gasteiger partial charge on any atom is -0.491 e. The Morgan fingerprint density at radius 2 is 1.91 bits per heavy atom. The lowest BCUT2D eigenvalue weighted by Crippen LogP contribution is -2.20. The van der Waals surface area contributed by atoms with E-state index in [9.17, 15) is 4.79 Å². The van der Waals surface area contributed by atoms with Crippen LogP contribution >= 0.6 is 27.5 Å². The number of halogens is 2. The van der Waals surface area contributed by atoms with Crippen LogP contribution < -0.4 is 10.1 Å². The number of carbonyl (C=O) groups excluding carboxylic acids is 1. The molecule has 0 fully saturated rings. The van der Waals surface area contributed by atoms with E-state index < -0.39 is 0 Å². The van der Waals surface area contributed by atoms with Crippen LogP contribution in [0.4, 0.5) is 5.69 Å². The molecule has 22 heavy (non-hydrogen) atoms. The highest BCUT2D eigenvalue weighted by Gasteiger charge is 2.06. The number of hydrogen-bond acceptors (Lipinski definition) is 3. The predicted octanol–water partition coefficient (Wildman–Crippen LogP) is 4.14. The van der Waals surface area contributed by atoms with Gasteiger partial charge in [-0.25, -0.2) is 0 Å². The minimum absolute atomic E-state index is 0.0510. The van der Waals surface area contributed by atoms with Crippen LogP contribution in [0.3, 0.4) is 0 Å². The van der Waals surface area contributed by atoms with E-state index in [4.69, 9.17) is 21.1 Å². The molecule has 2 rings (SSSR count). The number of para-hydroxylation sites is 1. The van der Waals surface area contributed by atoms with Crippen molar-refractivity contribution in [1.29, 1.82) is 0 Å². The van der Waals surface area contributed by atoms with Crippen molar-refractivity contribution in [3.8, 4) is 5.75 Å². The van der Waals surface area contributed by atoms with Crippen molar-refractivity contribution in [2.24, 2.45) is 0 Å². The van der Waals surface area contributed by atoms with Gasteiger partial charge in [0.1, 0.15) is 19.0 Å². The molecule has 0 aromatic heterocycles. The Kier molecular flexibility index (Phi) is 6.71. The number of nitrogens with one attached hydrogen (secondary N) is 1. The molecule has 1 amide bonds. The fourth-order valence-electron chi connectivity index (χ4n) is 1.68. The SMILES string of the molecule is O=C(COCCOc1ccccc1)Nc1ccc(Br)cc1Cl. The van der Waals surface area contributed by atoms with Gasteiger partial charge in [-0.1, -0.05) is 45.7 Å². The fraction of sp³-hybridized carbons (Fsp3) is 0.188. The van der Waals surface area contributed by atoms with Crippen molar-refractivity contribution in [3.63, 3.8) is 0 Å². The second-order valence-corrected chi connectivity index (χ2v) is 5.71. The summed E-state index contributed by atoms with van der Waals surface area (Å²) in [6.45, 7) is 0.664. The van der Waals surface area contributed by atoms with Gasteiger partial charge in [-0.15, -0.1) is 0 Å². The Morgan fingerprint density at radius 3 is 2.64 bits per heavy atom. The van der Waals surface area contributed by atoms with Gasteiger partial charge in [0.05, 0.1) is 17.3 Å². The van der Waals surface area contributed by atoms with E-state index in [1.807, 2.05) is 30.3 Å².